The highest BCUT2D eigenvalue weighted by Crippen LogP contribution is 2.13. The largest absolute Gasteiger partial charge is 0.494 e. The number of aliphatic imine (C=N–C) groups is 1. The van der Waals surface area contributed by atoms with Crippen LogP contribution in [0.15, 0.2) is 34.4 Å². The molecule has 0 saturated carbocycles. The van der Waals surface area contributed by atoms with Crippen molar-refractivity contribution in [1.29, 1.82) is 0 Å². The number of halogens is 1. The van der Waals surface area contributed by atoms with Gasteiger partial charge in [-0.15, -0.1) is 12.4 Å². The lowest BCUT2D eigenvalue weighted by atomic mass is 10.1. The van der Waals surface area contributed by atoms with Crippen LogP contribution >= 0.6 is 12.4 Å². The molecule has 2 rings (SSSR count). The van der Waals surface area contributed by atoms with Crippen molar-refractivity contribution in [2.45, 2.75) is 39.5 Å². The average Bonchev–Trinajstić information content (AvgIpc) is 3.06. The molecule has 1 aliphatic rings. The van der Waals surface area contributed by atoms with Gasteiger partial charge in [0.05, 0.1) is 18.9 Å². The number of unbranched alkanes of at least 4 members (excludes halogenated alkanes) is 3. The summed E-state index contributed by atoms with van der Waals surface area (Å²) in [5.41, 5.74) is 4.94. The zero-order chi connectivity index (χ0) is 15.6. The van der Waals surface area contributed by atoms with Gasteiger partial charge in [0.25, 0.3) is 0 Å². The summed E-state index contributed by atoms with van der Waals surface area (Å²) in [7, 11) is 0. The molecule has 23 heavy (non-hydrogen) atoms. The van der Waals surface area contributed by atoms with Crippen molar-refractivity contribution in [3.63, 3.8) is 0 Å². The van der Waals surface area contributed by atoms with Crippen LogP contribution in [-0.4, -0.2) is 31.4 Å². The number of ether oxygens (including phenoxy) is 1. The molecule has 0 radical (unpaired) electrons. The third kappa shape index (κ3) is 6.91. The lowest BCUT2D eigenvalue weighted by Gasteiger charge is -2.07. The van der Waals surface area contributed by atoms with E-state index in [1.165, 1.54) is 19.3 Å². The first-order chi connectivity index (χ1) is 10.8. The summed E-state index contributed by atoms with van der Waals surface area (Å²) in [6.45, 7) is 6.67. The number of hydrogen-bond acceptors (Lipinski definition) is 5. The molecule has 5 nitrogen and oxygen atoms in total. The molecule has 0 saturated heterocycles. The summed E-state index contributed by atoms with van der Waals surface area (Å²) >= 11 is 0. The Bertz CT molecular complexity index is 514. The average molecular weight is 339 g/mol. The maximum atomic E-state index is 5.74. The van der Waals surface area contributed by atoms with E-state index in [4.69, 9.17) is 4.74 Å². The van der Waals surface area contributed by atoms with E-state index in [1.54, 1.807) is 0 Å². The lowest BCUT2D eigenvalue weighted by molar-refractivity contribution is 0.305. The molecule has 0 aromatic heterocycles. The van der Waals surface area contributed by atoms with Gasteiger partial charge < -0.3 is 10.1 Å². The van der Waals surface area contributed by atoms with Crippen LogP contribution in [0.5, 0.6) is 5.75 Å². The topological polar surface area (TPSA) is 58.0 Å². The lowest BCUT2D eigenvalue weighted by Crippen LogP contribution is -2.30. The van der Waals surface area contributed by atoms with Gasteiger partial charge in [-0.1, -0.05) is 26.2 Å². The van der Waals surface area contributed by atoms with Gasteiger partial charge in [0.15, 0.2) is 0 Å². The summed E-state index contributed by atoms with van der Waals surface area (Å²) in [5, 5.41) is 7.46. The Morgan fingerprint density at radius 3 is 2.70 bits per heavy atom. The van der Waals surface area contributed by atoms with E-state index in [1.807, 2.05) is 31.2 Å². The van der Waals surface area contributed by atoms with Crippen molar-refractivity contribution in [2.24, 2.45) is 10.1 Å². The van der Waals surface area contributed by atoms with E-state index < -0.39 is 0 Å². The molecule has 0 fully saturated rings. The quantitative estimate of drug-likeness (QED) is 0.434. The zero-order valence-corrected chi connectivity index (χ0v) is 14.8. The minimum Gasteiger partial charge on any atom is -0.494 e. The molecule has 1 aliphatic heterocycles. The second kappa shape index (κ2) is 10.9. The van der Waals surface area contributed by atoms with Gasteiger partial charge in [-0.25, -0.2) is 10.4 Å². The van der Waals surface area contributed by atoms with Gasteiger partial charge in [-0.3, -0.25) is 0 Å². The molecular formula is C17H27ClN4O. The van der Waals surface area contributed by atoms with Crippen LogP contribution in [0.4, 0.5) is 0 Å². The number of nitrogens with zero attached hydrogens (tertiary/aromatic N) is 2. The minimum atomic E-state index is 0. The SMILES string of the molecule is CCCCCCOc1ccc(/C(C)=N/NC2=NCCN2)cc1.Cl. The van der Waals surface area contributed by atoms with Gasteiger partial charge in [-0.2, -0.15) is 5.10 Å². The normalized spacial score (nSPS) is 13.8. The van der Waals surface area contributed by atoms with E-state index in [9.17, 15) is 0 Å². The first-order valence-corrected chi connectivity index (χ1v) is 8.11. The molecule has 0 amide bonds. The number of benzene rings is 1. The Kier molecular flexibility index (Phi) is 9.14. The maximum Gasteiger partial charge on any atom is 0.212 e. The molecule has 1 aromatic carbocycles. The van der Waals surface area contributed by atoms with Crippen molar-refractivity contribution < 1.29 is 4.74 Å². The van der Waals surface area contributed by atoms with Crippen LogP contribution in [0.1, 0.15) is 45.1 Å². The summed E-state index contributed by atoms with van der Waals surface area (Å²) < 4.78 is 5.74. The van der Waals surface area contributed by atoms with Gasteiger partial charge in [0.1, 0.15) is 5.75 Å². The van der Waals surface area contributed by atoms with Crippen LogP contribution in [0.3, 0.4) is 0 Å². The Morgan fingerprint density at radius 2 is 2.04 bits per heavy atom. The monoisotopic (exact) mass is 338 g/mol. The Hall–Kier alpha value is -1.75. The number of nitrogens with one attached hydrogen (secondary N) is 2. The number of rotatable bonds is 8. The van der Waals surface area contributed by atoms with Crippen LogP contribution in [0.2, 0.25) is 0 Å². The van der Waals surface area contributed by atoms with Gasteiger partial charge in [0, 0.05) is 6.54 Å². The molecule has 128 valence electrons. The molecule has 2 N–H and O–H groups in total. The van der Waals surface area contributed by atoms with Crippen molar-refractivity contribution in [2.75, 3.05) is 19.7 Å². The van der Waals surface area contributed by atoms with E-state index in [-0.39, 0.29) is 12.4 Å². The van der Waals surface area contributed by atoms with Gasteiger partial charge in [0.2, 0.25) is 5.96 Å². The van der Waals surface area contributed by atoms with E-state index in [0.29, 0.717) is 0 Å². The van der Waals surface area contributed by atoms with Crippen molar-refractivity contribution >= 4 is 24.1 Å². The highest BCUT2D eigenvalue weighted by atomic mass is 35.5. The summed E-state index contributed by atoms with van der Waals surface area (Å²) in [5.74, 6) is 1.66. The van der Waals surface area contributed by atoms with Crippen LogP contribution in [0, 0.1) is 0 Å². The van der Waals surface area contributed by atoms with Gasteiger partial charge in [-0.05, 0) is 43.2 Å². The fourth-order valence-electron chi connectivity index (χ4n) is 2.19. The summed E-state index contributed by atoms with van der Waals surface area (Å²) in [4.78, 5) is 4.24. The van der Waals surface area contributed by atoms with Crippen molar-refractivity contribution in [3.05, 3.63) is 29.8 Å². The standard InChI is InChI=1S/C17H26N4O.ClH/c1-3-4-5-6-13-22-16-9-7-15(8-10-16)14(2)20-21-17-18-11-12-19-17;/h7-10H,3-6,11-13H2,1-2H3,(H2,18,19,21);1H/b20-14+;. The number of guanidine groups is 1. The minimum absolute atomic E-state index is 0. The van der Waals surface area contributed by atoms with Gasteiger partial charge >= 0.3 is 0 Å². The predicted octanol–water partition coefficient (Wildman–Crippen LogP) is 3.34. The zero-order valence-electron chi connectivity index (χ0n) is 14.0. The number of hydrazone groups is 1. The highest BCUT2D eigenvalue weighted by molar-refractivity contribution is 5.99. The van der Waals surface area contributed by atoms with Crippen LogP contribution in [-0.2, 0) is 0 Å². The second-order valence-electron chi connectivity index (χ2n) is 5.40. The van der Waals surface area contributed by atoms with E-state index in [2.05, 4.69) is 27.8 Å². The Labute approximate surface area is 145 Å². The highest BCUT2D eigenvalue weighted by Gasteiger charge is 2.03. The molecule has 1 heterocycles. The third-order valence-corrected chi connectivity index (χ3v) is 3.54. The third-order valence-electron chi connectivity index (χ3n) is 3.54. The van der Waals surface area contributed by atoms with Crippen molar-refractivity contribution in [1.82, 2.24) is 10.7 Å². The Balaban J connectivity index is 0.00000264. The fourth-order valence-corrected chi connectivity index (χ4v) is 2.19. The predicted molar refractivity (Wildman–Crippen MR) is 99.0 cm³/mol. The first-order valence-electron chi connectivity index (χ1n) is 8.11. The first kappa shape index (κ1) is 19.3. The van der Waals surface area contributed by atoms with E-state index >= 15 is 0 Å². The molecule has 0 bridgehead atoms. The summed E-state index contributed by atoms with van der Waals surface area (Å²) in [6.07, 6.45) is 4.90. The molecular weight excluding hydrogens is 312 g/mol. The number of hydrogen-bond donors (Lipinski definition) is 2. The smallest absolute Gasteiger partial charge is 0.212 e. The van der Waals surface area contributed by atoms with E-state index in [0.717, 1.165) is 49.1 Å². The molecule has 6 heteroatoms. The second-order valence-corrected chi connectivity index (χ2v) is 5.40. The van der Waals surface area contributed by atoms with Crippen molar-refractivity contribution in [3.8, 4) is 5.75 Å². The molecule has 1 aromatic rings. The summed E-state index contributed by atoms with van der Waals surface area (Å²) in [6, 6.07) is 8.07. The Morgan fingerprint density at radius 1 is 1.26 bits per heavy atom. The maximum absolute atomic E-state index is 5.74. The molecule has 0 aliphatic carbocycles. The van der Waals surface area contributed by atoms with Crippen LogP contribution in [0.25, 0.3) is 0 Å². The fraction of sp³-hybridized carbons (Fsp3) is 0.529. The van der Waals surface area contributed by atoms with Crippen LogP contribution < -0.4 is 15.5 Å². The molecule has 0 spiro atoms. The molecule has 0 atom stereocenters. The molecule has 0 unspecified atom stereocenters.